The van der Waals surface area contributed by atoms with Gasteiger partial charge in [0.05, 0.1) is 12.7 Å². The second-order valence-electron chi connectivity index (χ2n) is 4.67. The van der Waals surface area contributed by atoms with Crippen LogP contribution in [-0.2, 0) is 9.53 Å². The molecule has 0 aromatic heterocycles. The highest BCUT2D eigenvalue weighted by molar-refractivity contribution is 5.90. The third kappa shape index (κ3) is 7.11. The monoisotopic (exact) mass is 281 g/mol. The lowest BCUT2D eigenvalue weighted by molar-refractivity contribution is -0.116. The Hall–Kier alpha value is -1.59. The molecule has 0 radical (unpaired) electrons. The number of amides is 1. The Balaban J connectivity index is 2.27. The molecular weight excluding hydrogens is 258 g/mol. The number of carbonyl (C=O) groups is 1. The second kappa shape index (κ2) is 9.34. The van der Waals surface area contributed by atoms with E-state index in [0.29, 0.717) is 25.2 Å². The highest BCUT2D eigenvalue weighted by atomic mass is 16.5. The maximum Gasteiger partial charge on any atom is 0.224 e. The average molecular weight is 281 g/mol. The van der Waals surface area contributed by atoms with E-state index in [1.165, 1.54) is 0 Å². The fourth-order valence-corrected chi connectivity index (χ4v) is 1.57. The lowest BCUT2D eigenvalue weighted by atomic mass is 10.2. The average Bonchev–Trinajstić information content (AvgIpc) is 2.43. The first kappa shape index (κ1) is 16.5. The van der Waals surface area contributed by atoms with Crippen molar-refractivity contribution in [1.82, 2.24) is 0 Å². The fourth-order valence-electron chi connectivity index (χ4n) is 1.57. The molecule has 1 aromatic rings. The Morgan fingerprint density at radius 2 is 1.95 bits per heavy atom. The predicted molar refractivity (Wildman–Crippen MR) is 78.0 cm³/mol. The van der Waals surface area contributed by atoms with Crippen molar-refractivity contribution in [2.45, 2.75) is 32.8 Å². The molecule has 0 fully saturated rings. The largest absolute Gasteiger partial charge is 0.491 e. The van der Waals surface area contributed by atoms with Gasteiger partial charge in [-0.2, -0.15) is 0 Å². The van der Waals surface area contributed by atoms with E-state index in [1.807, 2.05) is 13.8 Å². The van der Waals surface area contributed by atoms with Crippen LogP contribution in [-0.4, -0.2) is 36.9 Å². The summed E-state index contributed by atoms with van der Waals surface area (Å²) in [5, 5.41) is 11.5. The van der Waals surface area contributed by atoms with Gasteiger partial charge in [0.25, 0.3) is 0 Å². The standard InChI is InChI=1S/C15H23NO4/c1-12(2)19-10-3-4-15(18)16-13-5-7-14(8-6-13)20-11-9-17/h5-8,12,17H,3-4,9-11H2,1-2H3,(H,16,18). The summed E-state index contributed by atoms with van der Waals surface area (Å²) in [6.45, 7) is 4.79. The van der Waals surface area contributed by atoms with Gasteiger partial charge in [0.1, 0.15) is 12.4 Å². The van der Waals surface area contributed by atoms with Crippen molar-refractivity contribution in [3.63, 3.8) is 0 Å². The summed E-state index contributed by atoms with van der Waals surface area (Å²) in [6, 6.07) is 7.06. The van der Waals surface area contributed by atoms with Crippen LogP contribution in [0.4, 0.5) is 5.69 Å². The van der Waals surface area contributed by atoms with Crippen LogP contribution in [0.25, 0.3) is 0 Å². The van der Waals surface area contributed by atoms with Crippen LogP contribution in [0.3, 0.4) is 0 Å². The Morgan fingerprint density at radius 3 is 2.55 bits per heavy atom. The van der Waals surface area contributed by atoms with E-state index in [9.17, 15) is 4.79 Å². The van der Waals surface area contributed by atoms with Gasteiger partial charge in [-0.05, 0) is 44.5 Å². The zero-order valence-corrected chi connectivity index (χ0v) is 12.1. The first-order valence-corrected chi connectivity index (χ1v) is 6.87. The number of hydrogen-bond acceptors (Lipinski definition) is 4. The van der Waals surface area contributed by atoms with Crippen molar-refractivity contribution in [1.29, 1.82) is 0 Å². The Bertz CT molecular complexity index is 389. The quantitative estimate of drug-likeness (QED) is 0.681. The van der Waals surface area contributed by atoms with Crippen molar-refractivity contribution >= 4 is 11.6 Å². The minimum absolute atomic E-state index is 0.0169. The molecule has 0 atom stereocenters. The lowest BCUT2D eigenvalue weighted by Gasteiger charge is -2.09. The molecule has 1 aromatic carbocycles. The van der Waals surface area contributed by atoms with Crippen LogP contribution in [0.2, 0.25) is 0 Å². The molecule has 2 N–H and O–H groups in total. The lowest BCUT2D eigenvalue weighted by Crippen LogP contribution is -2.13. The van der Waals surface area contributed by atoms with Gasteiger partial charge in [0, 0.05) is 18.7 Å². The van der Waals surface area contributed by atoms with Crippen molar-refractivity contribution in [2.75, 3.05) is 25.1 Å². The van der Waals surface area contributed by atoms with Crippen molar-refractivity contribution < 1.29 is 19.4 Å². The number of aliphatic hydroxyl groups excluding tert-OH is 1. The Kier molecular flexibility index (Phi) is 7.69. The number of ether oxygens (including phenoxy) is 2. The van der Waals surface area contributed by atoms with Gasteiger partial charge in [0.2, 0.25) is 5.91 Å². The number of hydrogen-bond donors (Lipinski definition) is 2. The molecule has 5 heteroatoms. The van der Waals surface area contributed by atoms with Crippen LogP contribution in [0.1, 0.15) is 26.7 Å². The van der Waals surface area contributed by atoms with Gasteiger partial charge in [-0.25, -0.2) is 0 Å². The number of carbonyl (C=O) groups excluding carboxylic acids is 1. The zero-order chi connectivity index (χ0) is 14.8. The number of aliphatic hydroxyl groups is 1. The number of benzene rings is 1. The van der Waals surface area contributed by atoms with Gasteiger partial charge in [-0.1, -0.05) is 0 Å². The van der Waals surface area contributed by atoms with Gasteiger partial charge in [0.15, 0.2) is 0 Å². The van der Waals surface area contributed by atoms with E-state index in [0.717, 1.165) is 5.69 Å². The third-order valence-corrected chi connectivity index (χ3v) is 2.50. The van der Waals surface area contributed by atoms with Crippen molar-refractivity contribution in [3.05, 3.63) is 24.3 Å². The Morgan fingerprint density at radius 1 is 1.25 bits per heavy atom. The molecular formula is C15H23NO4. The normalized spacial score (nSPS) is 10.6. The second-order valence-corrected chi connectivity index (χ2v) is 4.67. The SMILES string of the molecule is CC(C)OCCCC(=O)Nc1ccc(OCCO)cc1. The fraction of sp³-hybridized carbons (Fsp3) is 0.533. The van der Waals surface area contributed by atoms with Gasteiger partial charge in [-0.3, -0.25) is 4.79 Å². The molecule has 0 aliphatic carbocycles. The molecule has 1 amide bonds. The molecule has 0 saturated heterocycles. The number of anilines is 1. The molecule has 0 aliphatic heterocycles. The minimum Gasteiger partial charge on any atom is -0.491 e. The van der Waals surface area contributed by atoms with Gasteiger partial charge in [-0.15, -0.1) is 0 Å². The topological polar surface area (TPSA) is 67.8 Å². The summed E-state index contributed by atoms with van der Waals surface area (Å²) in [6.07, 6.45) is 1.35. The van der Waals surface area contributed by atoms with Crippen LogP contribution in [0.5, 0.6) is 5.75 Å². The molecule has 0 spiro atoms. The third-order valence-electron chi connectivity index (χ3n) is 2.50. The predicted octanol–water partition coefficient (Wildman–Crippen LogP) is 2.20. The molecule has 0 saturated carbocycles. The van der Waals surface area contributed by atoms with Gasteiger partial charge < -0.3 is 19.9 Å². The van der Waals surface area contributed by atoms with Crippen LogP contribution >= 0.6 is 0 Å². The summed E-state index contributed by atoms with van der Waals surface area (Å²) in [5.41, 5.74) is 0.733. The highest BCUT2D eigenvalue weighted by Gasteiger charge is 2.03. The van der Waals surface area contributed by atoms with E-state index in [1.54, 1.807) is 24.3 Å². The maximum absolute atomic E-state index is 11.7. The molecule has 0 unspecified atom stereocenters. The molecule has 0 bridgehead atoms. The van der Waals surface area contributed by atoms with Gasteiger partial charge >= 0.3 is 0 Å². The summed E-state index contributed by atoms with van der Waals surface area (Å²) >= 11 is 0. The zero-order valence-electron chi connectivity index (χ0n) is 12.1. The summed E-state index contributed by atoms with van der Waals surface area (Å²) < 4.78 is 10.6. The summed E-state index contributed by atoms with van der Waals surface area (Å²) in [4.78, 5) is 11.7. The maximum atomic E-state index is 11.7. The highest BCUT2D eigenvalue weighted by Crippen LogP contribution is 2.15. The first-order valence-electron chi connectivity index (χ1n) is 6.87. The summed E-state index contributed by atoms with van der Waals surface area (Å²) in [7, 11) is 0. The molecule has 1 rings (SSSR count). The van der Waals surface area contributed by atoms with Crippen LogP contribution in [0, 0.1) is 0 Å². The van der Waals surface area contributed by atoms with E-state index >= 15 is 0 Å². The smallest absolute Gasteiger partial charge is 0.224 e. The molecule has 112 valence electrons. The van der Waals surface area contributed by atoms with Crippen molar-refractivity contribution in [2.24, 2.45) is 0 Å². The molecule has 0 heterocycles. The number of rotatable bonds is 9. The van der Waals surface area contributed by atoms with Crippen LogP contribution < -0.4 is 10.1 Å². The minimum atomic E-state index is -0.0265. The molecule has 5 nitrogen and oxygen atoms in total. The van der Waals surface area contributed by atoms with E-state index in [4.69, 9.17) is 14.6 Å². The van der Waals surface area contributed by atoms with E-state index in [-0.39, 0.29) is 25.2 Å². The summed E-state index contributed by atoms with van der Waals surface area (Å²) in [5.74, 6) is 0.642. The van der Waals surface area contributed by atoms with E-state index < -0.39 is 0 Å². The first-order chi connectivity index (χ1) is 9.61. The molecule has 20 heavy (non-hydrogen) atoms. The van der Waals surface area contributed by atoms with Crippen LogP contribution in [0.15, 0.2) is 24.3 Å². The Labute approximate surface area is 119 Å². The number of nitrogens with one attached hydrogen (secondary N) is 1. The van der Waals surface area contributed by atoms with Crippen molar-refractivity contribution in [3.8, 4) is 5.75 Å². The molecule has 0 aliphatic rings. The van der Waals surface area contributed by atoms with E-state index in [2.05, 4.69) is 5.32 Å².